The summed E-state index contributed by atoms with van der Waals surface area (Å²) < 4.78 is 1.61. The molecule has 1 aliphatic heterocycles. The molecular formula is C18H17N3OS. The molecule has 4 nitrogen and oxygen atoms in total. The maximum Gasteiger partial charge on any atom is 0.258 e. The molecule has 5 heteroatoms. The molecule has 1 aromatic carbocycles. The number of para-hydroxylation sites is 1. The summed E-state index contributed by atoms with van der Waals surface area (Å²) in [6.45, 7) is 3.61. The summed E-state index contributed by atoms with van der Waals surface area (Å²) in [5, 5.41) is 0. The lowest BCUT2D eigenvalue weighted by atomic mass is 10.2. The van der Waals surface area contributed by atoms with E-state index in [1.54, 1.807) is 10.5 Å². The molecule has 23 heavy (non-hydrogen) atoms. The highest BCUT2D eigenvalue weighted by Gasteiger charge is 2.17. The number of hydrogen-bond acceptors (Lipinski definition) is 4. The van der Waals surface area contributed by atoms with E-state index in [1.165, 1.54) is 10.6 Å². The summed E-state index contributed by atoms with van der Waals surface area (Å²) >= 11 is 1.88. The van der Waals surface area contributed by atoms with Gasteiger partial charge in [-0.15, -0.1) is 11.8 Å². The van der Waals surface area contributed by atoms with Gasteiger partial charge in [-0.05, 0) is 30.7 Å². The average molecular weight is 323 g/mol. The molecule has 3 aromatic rings. The first-order chi connectivity index (χ1) is 11.2. The van der Waals surface area contributed by atoms with Crippen molar-refractivity contribution in [2.45, 2.75) is 18.4 Å². The van der Waals surface area contributed by atoms with Crippen molar-refractivity contribution in [2.24, 2.45) is 0 Å². The van der Waals surface area contributed by atoms with Crippen LogP contribution in [-0.2, 0) is 6.54 Å². The summed E-state index contributed by atoms with van der Waals surface area (Å²) in [5.74, 6) is 1.06. The minimum absolute atomic E-state index is 0.0200. The van der Waals surface area contributed by atoms with Crippen LogP contribution in [0.3, 0.4) is 0 Å². The van der Waals surface area contributed by atoms with Crippen LogP contribution >= 0.6 is 11.8 Å². The lowest BCUT2D eigenvalue weighted by molar-refractivity contribution is 0.792. The maximum absolute atomic E-state index is 12.3. The Labute approximate surface area is 138 Å². The number of nitrogens with zero attached hydrogens (tertiary/aromatic N) is 3. The second kappa shape index (κ2) is 5.74. The number of benzene rings is 1. The van der Waals surface area contributed by atoms with Crippen molar-refractivity contribution in [1.82, 2.24) is 9.38 Å². The topological polar surface area (TPSA) is 37.6 Å². The number of aromatic nitrogens is 2. The normalized spacial score (nSPS) is 14.0. The average Bonchev–Trinajstić information content (AvgIpc) is 2.56. The third kappa shape index (κ3) is 2.72. The fourth-order valence-corrected chi connectivity index (χ4v) is 3.98. The van der Waals surface area contributed by atoms with Gasteiger partial charge in [-0.25, -0.2) is 4.98 Å². The monoisotopic (exact) mass is 323 g/mol. The van der Waals surface area contributed by atoms with E-state index in [9.17, 15) is 4.79 Å². The summed E-state index contributed by atoms with van der Waals surface area (Å²) in [6.07, 6.45) is 1.83. The fraction of sp³-hybridized carbons (Fsp3) is 0.222. The third-order valence-electron chi connectivity index (χ3n) is 4.04. The Bertz CT molecular complexity index is 935. The van der Waals surface area contributed by atoms with E-state index in [2.05, 4.69) is 34.1 Å². The van der Waals surface area contributed by atoms with Crippen molar-refractivity contribution in [3.05, 3.63) is 70.3 Å². The number of thioether (sulfide) groups is 1. The van der Waals surface area contributed by atoms with E-state index in [4.69, 9.17) is 0 Å². The van der Waals surface area contributed by atoms with E-state index in [0.29, 0.717) is 12.2 Å². The Morgan fingerprint density at radius 1 is 1.22 bits per heavy atom. The molecule has 0 N–H and O–H groups in total. The van der Waals surface area contributed by atoms with Crippen molar-refractivity contribution in [2.75, 3.05) is 17.2 Å². The Hall–Kier alpha value is -2.27. The largest absolute Gasteiger partial charge is 0.364 e. The van der Waals surface area contributed by atoms with Gasteiger partial charge < -0.3 is 4.90 Å². The highest BCUT2D eigenvalue weighted by molar-refractivity contribution is 7.99. The smallest absolute Gasteiger partial charge is 0.258 e. The van der Waals surface area contributed by atoms with Crippen LogP contribution in [-0.4, -0.2) is 21.7 Å². The second-order valence-electron chi connectivity index (χ2n) is 5.76. The van der Waals surface area contributed by atoms with Crippen molar-refractivity contribution >= 4 is 23.1 Å². The van der Waals surface area contributed by atoms with Gasteiger partial charge in [0.2, 0.25) is 0 Å². The zero-order valence-corrected chi connectivity index (χ0v) is 13.7. The number of hydrogen-bond donors (Lipinski definition) is 0. The van der Waals surface area contributed by atoms with E-state index in [0.717, 1.165) is 23.6 Å². The maximum atomic E-state index is 12.3. The molecule has 0 radical (unpaired) electrons. The summed E-state index contributed by atoms with van der Waals surface area (Å²) in [6, 6.07) is 14.0. The van der Waals surface area contributed by atoms with Gasteiger partial charge >= 0.3 is 0 Å². The van der Waals surface area contributed by atoms with Gasteiger partial charge in [-0.1, -0.05) is 18.2 Å². The molecule has 0 unspecified atom stereocenters. The first kappa shape index (κ1) is 14.3. The molecule has 1 aliphatic rings. The molecule has 2 aromatic heterocycles. The van der Waals surface area contributed by atoms with Crippen LogP contribution in [0.25, 0.3) is 5.65 Å². The summed E-state index contributed by atoms with van der Waals surface area (Å²) in [4.78, 5) is 20.6. The Balaban J connectivity index is 1.72. The van der Waals surface area contributed by atoms with Gasteiger partial charge in [0.05, 0.1) is 17.9 Å². The lowest BCUT2D eigenvalue weighted by Gasteiger charge is -2.30. The quantitative estimate of drug-likeness (QED) is 0.726. The van der Waals surface area contributed by atoms with Crippen molar-refractivity contribution in [3.8, 4) is 0 Å². The zero-order chi connectivity index (χ0) is 15.8. The van der Waals surface area contributed by atoms with E-state index in [-0.39, 0.29) is 5.56 Å². The predicted octanol–water partition coefficient (Wildman–Crippen LogP) is 3.12. The minimum atomic E-state index is -0.0200. The highest BCUT2D eigenvalue weighted by Crippen LogP contribution is 2.34. The van der Waals surface area contributed by atoms with Crippen LogP contribution in [0.4, 0.5) is 5.69 Å². The van der Waals surface area contributed by atoms with Gasteiger partial charge in [0.25, 0.3) is 5.56 Å². The van der Waals surface area contributed by atoms with Gasteiger partial charge in [0.15, 0.2) is 0 Å². The van der Waals surface area contributed by atoms with Crippen molar-refractivity contribution in [1.29, 1.82) is 0 Å². The molecule has 0 saturated carbocycles. The Kier molecular flexibility index (Phi) is 3.58. The van der Waals surface area contributed by atoms with Gasteiger partial charge in [-0.3, -0.25) is 9.20 Å². The van der Waals surface area contributed by atoms with Gasteiger partial charge in [-0.2, -0.15) is 0 Å². The molecule has 0 bridgehead atoms. The van der Waals surface area contributed by atoms with Crippen LogP contribution < -0.4 is 10.5 Å². The molecule has 116 valence electrons. The number of anilines is 1. The van der Waals surface area contributed by atoms with Crippen molar-refractivity contribution < 1.29 is 0 Å². The standard InChI is InChI=1S/C18H17N3OS/c1-13-6-7-17-19-14(10-18(22)21(17)11-13)12-20-8-9-23-16-5-3-2-4-15(16)20/h2-7,10-11H,8-9,12H2,1H3. The third-order valence-corrected chi connectivity index (χ3v) is 5.08. The minimum Gasteiger partial charge on any atom is -0.364 e. The van der Waals surface area contributed by atoms with Crippen LogP contribution in [0.15, 0.2) is 58.4 Å². The number of rotatable bonds is 2. The van der Waals surface area contributed by atoms with E-state index < -0.39 is 0 Å². The molecule has 0 atom stereocenters. The number of fused-ring (bicyclic) bond motifs is 2. The van der Waals surface area contributed by atoms with E-state index in [1.807, 2.05) is 37.0 Å². The molecule has 4 rings (SSSR count). The summed E-state index contributed by atoms with van der Waals surface area (Å²) in [7, 11) is 0. The fourth-order valence-electron chi connectivity index (χ4n) is 2.93. The zero-order valence-electron chi connectivity index (χ0n) is 12.9. The first-order valence-electron chi connectivity index (χ1n) is 7.66. The molecule has 0 amide bonds. The van der Waals surface area contributed by atoms with Gasteiger partial charge in [0, 0.05) is 29.5 Å². The molecule has 0 fully saturated rings. The molecular weight excluding hydrogens is 306 g/mol. The molecule has 0 aliphatic carbocycles. The number of pyridine rings is 1. The molecule has 3 heterocycles. The highest BCUT2D eigenvalue weighted by atomic mass is 32.2. The second-order valence-corrected chi connectivity index (χ2v) is 6.89. The van der Waals surface area contributed by atoms with Crippen LogP contribution in [0.2, 0.25) is 0 Å². The van der Waals surface area contributed by atoms with Crippen molar-refractivity contribution in [3.63, 3.8) is 0 Å². The van der Waals surface area contributed by atoms with Crippen LogP contribution in [0, 0.1) is 6.92 Å². The van der Waals surface area contributed by atoms with Gasteiger partial charge in [0.1, 0.15) is 5.65 Å². The molecule has 0 saturated heterocycles. The lowest BCUT2D eigenvalue weighted by Crippen LogP contribution is -2.30. The predicted molar refractivity (Wildman–Crippen MR) is 94.4 cm³/mol. The first-order valence-corrected chi connectivity index (χ1v) is 8.65. The Morgan fingerprint density at radius 3 is 3.00 bits per heavy atom. The Morgan fingerprint density at radius 2 is 2.09 bits per heavy atom. The summed E-state index contributed by atoms with van der Waals surface area (Å²) in [5.41, 5.74) is 3.79. The molecule has 0 spiro atoms. The number of aryl methyl sites for hydroxylation is 1. The van der Waals surface area contributed by atoms with E-state index >= 15 is 0 Å². The van der Waals surface area contributed by atoms with Crippen LogP contribution in [0.1, 0.15) is 11.3 Å². The SMILES string of the molecule is Cc1ccc2nc(CN3CCSc4ccccc43)cc(=O)n2c1. The van der Waals surface area contributed by atoms with Crippen LogP contribution in [0.5, 0.6) is 0 Å².